The van der Waals surface area contributed by atoms with Crippen molar-refractivity contribution in [2.24, 2.45) is 17.6 Å². The second kappa shape index (κ2) is 10.2. The van der Waals surface area contributed by atoms with Gasteiger partial charge in [-0.15, -0.1) is 0 Å². The molecule has 0 unspecified atom stereocenters. The highest BCUT2D eigenvalue weighted by molar-refractivity contribution is 5.99. The zero-order chi connectivity index (χ0) is 23.4. The van der Waals surface area contributed by atoms with Crippen molar-refractivity contribution < 1.29 is 19.1 Å². The maximum absolute atomic E-state index is 13.5. The molecule has 2 aromatic carbocycles. The number of esters is 1. The van der Waals surface area contributed by atoms with Crippen LogP contribution >= 0.6 is 0 Å². The molecule has 1 heterocycles. The first-order chi connectivity index (χ1) is 16.0. The number of fused-ring (bicyclic) bond motifs is 1. The van der Waals surface area contributed by atoms with Crippen LogP contribution < -0.4 is 11.1 Å². The molecule has 1 saturated carbocycles. The van der Waals surface area contributed by atoms with Crippen LogP contribution in [0.5, 0.6) is 0 Å². The van der Waals surface area contributed by atoms with Gasteiger partial charge in [0.25, 0.3) is 5.91 Å². The van der Waals surface area contributed by atoms with E-state index in [9.17, 15) is 14.4 Å². The summed E-state index contributed by atoms with van der Waals surface area (Å²) in [6, 6.07) is 13.7. The largest absolute Gasteiger partial charge is 0.465 e. The molecule has 0 spiro atoms. The Morgan fingerprint density at radius 3 is 2.39 bits per heavy atom. The predicted octanol–water partition coefficient (Wildman–Crippen LogP) is 3.30. The molecule has 1 fully saturated rings. The van der Waals surface area contributed by atoms with Crippen LogP contribution in [0.4, 0.5) is 5.69 Å². The van der Waals surface area contributed by atoms with Gasteiger partial charge in [0.1, 0.15) is 6.04 Å². The van der Waals surface area contributed by atoms with Crippen LogP contribution in [0, 0.1) is 11.8 Å². The minimum atomic E-state index is -0.685. The number of anilines is 1. The van der Waals surface area contributed by atoms with Crippen molar-refractivity contribution in [1.29, 1.82) is 0 Å². The predicted molar refractivity (Wildman–Crippen MR) is 126 cm³/mol. The molecule has 174 valence electrons. The lowest BCUT2D eigenvalue weighted by Crippen LogP contribution is -2.48. The molecule has 2 amide bonds. The summed E-state index contributed by atoms with van der Waals surface area (Å²) in [5.74, 6) is -0.204. The standard InChI is InChI=1S/C26H31N3O4/c1-33-26(32)20-10-12-21(13-11-20)28-24(30)23-22-5-3-2-4-18(22)14-15-29(23)25(31)19-8-6-17(16-27)7-9-19/h2-5,10-13,17,19,23H,6-9,14-16,27H2,1H3,(H,28,30)/t17?,19?,23-/m0/s1. The van der Waals surface area contributed by atoms with Crippen molar-refractivity contribution in [3.63, 3.8) is 0 Å². The van der Waals surface area contributed by atoms with Crippen LogP contribution in [0.25, 0.3) is 0 Å². The number of rotatable bonds is 5. The third-order valence-electron chi connectivity index (χ3n) is 6.92. The molecule has 3 N–H and O–H groups in total. The van der Waals surface area contributed by atoms with Crippen molar-refractivity contribution in [2.45, 2.75) is 38.1 Å². The molecule has 33 heavy (non-hydrogen) atoms. The molecule has 0 radical (unpaired) electrons. The Labute approximate surface area is 194 Å². The molecular weight excluding hydrogens is 418 g/mol. The smallest absolute Gasteiger partial charge is 0.337 e. The van der Waals surface area contributed by atoms with E-state index in [1.54, 1.807) is 29.2 Å². The molecule has 1 aliphatic carbocycles. The number of hydrogen-bond donors (Lipinski definition) is 2. The number of carbonyl (C=O) groups is 3. The summed E-state index contributed by atoms with van der Waals surface area (Å²) in [5.41, 5.74) is 8.75. The Bertz CT molecular complexity index is 1010. The molecule has 0 bridgehead atoms. The Morgan fingerprint density at radius 2 is 1.73 bits per heavy atom. The van der Waals surface area contributed by atoms with Crippen molar-refractivity contribution >= 4 is 23.5 Å². The van der Waals surface area contributed by atoms with E-state index >= 15 is 0 Å². The minimum Gasteiger partial charge on any atom is -0.465 e. The van der Waals surface area contributed by atoms with Gasteiger partial charge in [-0.1, -0.05) is 24.3 Å². The third kappa shape index (κ3) is 4.93. The molecule has 1 aliphatic heterocycles. The first-order valence-corrected chi connectivity index (χ1v) is 11.6. The molecule has 2 aromatic rings. The molecule has 0 aromatic heterocycles. The molecule has 0 saturated heterocycles. The summed E-state index contributed by atoms with van der Waals surface area (Å²) in [7, 11) is 1.33. The van der Waals surface area contributed by atoms with E-state index in [1.807, 2.05) is 24.3 Å². The van der Waals surface area contributed by atoms with E-state index in [4.69, 9.17) is 10.5 Å². The number of benzene rings is 2. The number of nitrogens with one attached hydrogen (secondary N) is 1. The maximum Gasteiger partial charge on any atom is 0.337 e. The van der Waals surface area contributed by atoms with Gasteiger partial charge in [-0.3, -0.25) is 9.59 Å². The summed E-state index contributed by atoms with van der Waals surface area (Å²) in [4.78, 5) is 40.5. The van der Waals surface area contributed by atoms with Crippen LogP contribution in [-0.4, -0.2) is 42.9 Å². The van der Waals surface area contributed by atoms with Crippen molar-refractivity contribution in [2.75, 3.05) is 25.5 Å². The van der Waals surface area contributed by atoms with Gasteiger partial charge >= 0.3 is 5.97 Å². The average Bonchev–Trinajstić information content (AvgIpc) is 2.87. The molecule has 2 aliphatic rings. The number of methoxy groups -OCH3 is 1. The number of hydrogen-bond acceptors (Lipinski definition) is 5. The lowest BCUT2D eigenvalue weighted by Gasteiger charge is -2.39. The monoisotopic (exact) mass is 449 g/mol. The highest BCUT2D eigenvalue weighted by Crippen LogP contribution is 2.36. The molecule has 4 rings (SSSR count). The second-order valence-electron chi connectivity index (χ2n) is 8.89. The summed E-state index contributed by atoms with van der Waals surface area (Å²) < 4.78 is 4.73. The highest BCUT2D eigenvalue weighted by Gasteiger charge is 2.39. The summed E-state index contributed by atoms with van der Waals surface area (Å²) in [5, 5.41) is 2.94. The zero-order valence-electron chi connectivity index (χ0n) is 19.0. The van der Waals surface area contributed by atoms with E-state index in [1.165, 1.54) is 7.11 Å². The first kappa shape index (κ1) is 23.0. The lowest BCUT2D eigenvalue weighted by molar-refractivity contribution is -0.144. The Balaban J connectivity index is 1.56. The van der Waals surface area contributed by atoms with Crippen molar-refractivity contribution in [3.05, 3.63) is 65.2 Å². The third-order valence-corrected chi connectivity index (χ3v) is 6.92. The van der Waals surface area contributed by atoms with Gasteiger partial charge in [0, 0.05) is 18.2 Å². The van der Waals surface area contributed by atoms with E-state index < -0.39 is 12.0 Å². The van der Waals surface area contributed by atoms with Crippen LogP contribution in [0.2, 0.25) is 0 Å². The zero-order valence-corrected chi connectivity index (χ0v) is 19.0. The maximum atomic E-state index is 13.5. The Hall–Kier alpha value is -3.19. The number of nitrogens with two attached hydrogens (primary N) is 1. The van der Waals surface area contributed by atoms with Gasteiger partial charge in [0.15, 0.2) is 0 Å². The van der Waals surface area contributed by atoms with E-state index in [2.05, 4.69) is 5.32 Å². The van der Waals surface area contributed by atoms with Crippen LogP contribution in [0.1, 0.15) is 53.2 Å². The van der Waals surface area contributed by atoms with Gasteiger partial charge < -0.3 is 20.7 Å². The number of amides is 2. The topological polar surface area (TPSA) is 102 Å². The Morgan fingerprint density at radius 1 is 1.03 bits per heavy atom. The van der Waals surface area contributed by atoms with Gasteiger partial charge in [-0.2, -0.15) is 0 Å². The van der Waals surface area contributed by atoms with E-state index in [0.717, 1.165) is 43.2 Å². The fraction of sp³-hybridized carbons (Fsp3) is 0.423. The fourth-order valence-corrected chi connectivity index (χ4v) is 4.98. The number of carbonyl (C=O) groups excluding carboxylic acids is 3. The SMILES string of the molecule is COC(=O)c1ccc(NC(=O)[C@@H]2c3ccccc3CCN2C(=O)C2CCC(CN)CC2)cc1. The number of ether oxygens (including phenoxy) is 1. The van der Waals surface area contributed by atoms with Gasteiger partial charge in [-0.25, -0.2) is 4.79 Å². The highest BCUT2D eigenvalue weighted by atomic mass is 16.5. The average molecular weight is 450 g/mol. The second-order valence-corrected chi connectivity index (χ2v) is 8.89. The fourth-order valence-electron chi connectivity index (χ4n) is 4.98. The van der Waals surface area contributed by atoms with E-state index in [-0.39, 0.29) is 17.7 Å². The molecule has 7 nitrogen and oxygen atoms in total. The Kier molecular flexibility index (Phi) is 7.08. The van der Waals surface area contributed by atoms with Crippen molar-refractivity contribution in [1.82, 2.24) is 4.90 Å². The molecule has 7 heteroatoms. The summed E-state index contributed by atoms with van der Waals surface area (Å²) in [6.07, 6.45) is 4.30. The normalized spacial score (nSPS) is 22.2. The quantitative estimate of drug-likeness (QED) is 0.682. The lowest BCUT2D eigenvalue weighted by atomic mass is 9.80. The molecule has 1 atom stereocenters. The van der Waals surface area contributed by atoms with Crippen molar-refractivity contribution in [3.8, 4) is 0 Å². The van der Waals surface area contributed by atoms with Gasteiger partial charge in [0.05, 0.1) is 12.7 Å². The van der Waals surface area contributed by atoms with Crippen LogP contribution in [0.3, 0.4) is 0 Å². The van der Waals surface area contributed by atoms with Gasteiger partial charge in [-0.05, 0) is 80.0 Å². The van der Waals surface area contributed by atoms with Gasteiger partial charge in [0.2, 0.25) is 5.91 Å². The minimum absolute atomic E-state index is 0.0566. The molecular formula is C26H31N3O4. The van der Waals surface area contributed by atoms with E-state index in [0.29, 0.717) is 30.3 Å². The summed E-state index contributed by atoms with van der Waals surface area (Å²) in [6.45, 7) is 1.18. The number of nitrogens with zero attached hydrogens (tertiary/aromatic N) is 1. The van der Waals surface area contributed by atoms with Crippen LogP contribution in [0.15, 0.2) is 48.5 Å². The summed E-state index contributed by atoms with van der Waals surface area (Å²) >= 11 is 0. The van der Waals surface area contributed by atoms with Crippen LogP contribution in [-0.2, 0) is 20.7 Å². The first-order valence-electron chi connectivity index (χ1n) is 11.6.